The Balaban J connectivity index is 1.42. The van der Waals surface area contributed by atoms with Crippen molar-refractivity contribution in [3.8, 4) is 11.5 Å². The number of carbonyl (C=O) groups excluding carboxylic acids is 2. The normalized spacial score (nSPS) is 10.3. The van der Waals surface area contributed by atoms with Crippen LogP contribution in [0.5, 0.6) is 11.5 Å². The van der Waals surface area contributed by atoms with Gasteiger partial charge in [0.2, 0.25) is 0 Å². The standard InChI is InChI=1S/C23H24N4O6/c1-31-14-13-27-22(29)12-11-20(26-27)23(30)25-24-21(28)16-33-19-9-7-18(8-10-19)32-15-17-5-3-2-4-6-17/h2-12H,13-16H2,1H3,(H,24,28)(H,25,30). The quantitative estimate of drug-likeness (QED) is 0.445. The van der Waals surface area contributed by atoms with Crippen LogP contribution in [-0.2, 0) is 22.7 Å². The van der Waals surface area contributed by atoms with E-state index in [0.29, 0.717) is 18.1 Å². The number of carbonyl (C=O) groups is 2. The molecular formula is C23H24N4O6. The van der Waals surface area contributed by atoms with Crippen molar-refractivity contribution in [1.29, 1.82) is 0 Å². The van der Waals surface area contributed by atoms with E-state index in [1.807, 2.05) is 30.3 Å². The highest BCUT2D eigenvalue weighted by molar-refractivity contribution is 5.93. The van der Waals surface area contributed by atoms with Gasteiger partial charge in [0.1, 0.15) is 18.1 Å². The summed E-state index contributed by atoms with van der Waals surface area (Å²) in [6, 6.07) is 19.1. The molecule has 0 aliphatic heterocycles. The van der Waals surface area contributed by atoms with E-state index in [1.165, 1.54) is 19.2 Å². The molecule has 0 bridgehead atoms. The van der Waals surface area contributed by atoms with Crippen LogP contribution >= 0.6 is 0 Å². The van der Waals surface area contributed by atoms with Gasteiger partial charge in [-0.05, 0) is 35.9 Å². The van der Waals surface area contributed by atoms with Gasteiger partial charge in [-0.15, -0.1) is 0 Å². The molecule has 2 N–H and O–H groups in total. The van der Waals surface area contributed by atoms with Crippen molar-refractivity contribution in [1.82, 2.24) is 20.6 Å². The number of hydrogen-bond donors (Lipinski definition) is 2. The monoisotopic (exact) mass is 452 g/mol. The van der Waals surface area contributed by atoms with Crippen LogP contribution < -0.4 is 25.9 Å². The molecule has 0 unspecified atom stereocenters. The van der Waals surface area contributed by atoms with Gasteiger partial charge in [0.25, 0.3) is 17.4 Å². The molecule has 33 heavy (non-hydrogen) atoms. The molecule has 0 atom stereocenters. The van der Waals surface area contributed by atoms with E-state index in [0.717, 1.165) is 10.2 Å². The van der Waals surface area contributed by atoms with Crippen molar-refractivity contribution < 1.29 is 23.8 Å². The molecule has 1 heterocycles. The Morgan fingerprint density at radius 2 is 1.61 bits per heavy atom. The van der Waals surface area contributed by atoms with Crippen molar-refractivity contribution in [3.05, 3.63) is 88.3 Å². The summed E-state index contributed by atoms with van der Waals surface area (Å²) in [6.45, 7) is 0.603. The van der Waals surface area contributed by atoms with Crippen LogP contribution in [0.25, 0.3) is 0 Å². The molecular weight excluding hydrogens is 428 g/mol. The van der Waals surface area contributed by atoms with Crippen LogP contribution in [0.3, 0.4) is 0 Å². The molecule has 0 saturated carbocycles. The molecule has 10 heteroatoms. The molecule has 0 radical (unpaired) electrons. The number of rotatable bonds is 10. The Labute approximate surface area is 190 Å². The van der Waals surface area contributed by atoms with E-state index in [4.69, 9.17) is 14.2 Å². The zero-order chi connectivity index (χ0) is 23.5. The predicted molar refractivity (Wildman–Crippen MR) is 119 cm³/mol. The van der Waals surface area contributed by atoms with Crippen LogP contribution in [0.15, 0.2) is 71.5 Å². The summed E-state index contributed by atoms with van der Waals surface area (Å²) in [5.74, 6) is -0.104. The lowest BCUT2D eigenvalue weighted by molar-refractivity contribution is -0.123. The average molecular weight is 452 g/mol. The number of methoxy groups -OCH3 is 1. The fourth-order valence-corrected chi connectivity index (χ4v) is 2.66. The first kappa shape index (κ1) is 23.5. The number of ether oxygens (including phenoxy) is 3. The SMILES string of the molecule is COCCn1nc(C(=O)NNC(=O)COc2ccc(OCc3ccccc3)cc2)ccc1=O. The summed E-state index contributed by atoms with van der Waals surface area (Å²) in [6.07, 6.45) is 0. The molecule has 172 valence electrons. The van der Waals surface area contributed by atoms with Crippen LogP contribution in [0.2, 0.25) is 0 Å². The molecule has 0 saturated heterocycles. The minimum Gasteiger partial charge on any atom is -0.489 e. The zero-order valence-corrected chi connectivity index (χ0v) is 18.0. The Kier molecular flexibility index (Phi) is 8.55. The Morgan fingerprint density at radius 1 is 0.909 bits per heavy atom. The zero-order valence-electron chi connectivity index (χ0n) is 18.0. The smallest absolute Gasteiger partial charge is 0.290 e. The summed E-state index contributed by atoms with van der Waals surface area (Å²) in [5.41, 5.74) is 5.13. The van der Waals surface area contributed by atoms with E-state index >= 15 is 0 Å². The van der Waals surface area contributed by atoms with Gasteiger partial charge in [0.15, 0.2) is 12.3 Å². The third-order valence-electron chi connectivity index (χ3n) is 4.36. The van der Waals surface area contributed by atoms with Gasteiger partial charge in [0, 0.05) is 13.2 Å². The van der Waals surface area contributed by atoms with Gasteiger partial charge < -0.3 is 14.2 Å². The Morgan fingerprint density at radius 3 is 2.30 bits per heavy atom. The number of hydrogen-bond acceptors (Lipinski definition) is 7. The molecule has 2 amide bonds. The summed E-state index contributed by atoms with van der Waals surface area (Å²) < 4.78 is 17.1. The van der Waals surface area contributed by atoms with Crippen LogP contribution in [0, 0.1) is 0 Å². The number of amides is 2. The largest absolute Gasteiger partial charge is 0.489 e. The molecule has 0 aliphatic rings. The summed E-state index contributed by atoms with van der Waals surface area (Å²) in [7, 11) is 1.49. The minimum atomic E-state index is -0.672. The van der Waals surface area contributed by atoms with Gasteiger partial charge in [-0.1, -0.05) is 30.3 Å². The molecule has 10 nitrogen and oxygen atoms in total. The maximum Gasteiger partial charge on any atom is 0.290 e. The highest BCUT2D eigenvalue weighted by Crippen LogP contribution is 2.18. The third-order valence-corrected chi connectivity index (χ3v) is 4.36. The summed E-state index contributed by atoms with van der Waals surface area (Å²) in [5, 5.41) is 3.94. The van der Waals surface area contributed by atoms with E-state index in [2.05, 4.69) is 16.0 Å². The fourth-order valence-electron chi connectivity index (χ4n) is 2.66. The first-order valence-corrected chi connectivity index (χ1v) is 10.1. The van der Waals surface area contributed by atoms with Crippen molar-refractivity contribution in [2.75, 3.05) is 20.3 Å². The number of aromatic nitrogens is 2. The summed E-state index contributed by atoms with van der Waals surface area (Å²) in [4.78, 5) is 35.9. The molecule has 1 aromatic heterocycles. The Bertz CT molecular complexity index is 1120. The molecule has 3 aromatic rings. The van der Waals surface area contributed by atoms with Gasteiger partial charge in [-0.25, -0.2) is 4.68 Å². The lowest BCUT2D eigenvalue weighted by Gasteiger charge is -2.10. The van der Waals surface area contributed by atoms with Crippen molar-refractivity contribution in [2.45, 2.75) is 13.2 Å². The number of benzene rings is 2. The van der Waals surface area contributed by atoms with E-state index in [-0.39, 0.29) is 31.0 Å². The van der Waals surface area contributed by atoms with Gasteiger partial charge in [-0.3, -0.25) is 25.2 Å². The highest BCUT2D eigenvalue weighted by atomic mass is 16.5. The summed E-state index contributed by atoms with van der Waals surface area (Å²) >= 11 is 0. The first-order valence-electron chi connectivity index (χ1n) is 10.1. The van der Waals surface area contributed by atoms with Crippen molar-refractivity contribution in [3.63, 3.8) is 0 Å². The molecule has 0 fully saturated rings. The maximum absolute atomic E-state index is 12.2. The average Bonchev–Trinajstić information content (AvgIpc) is 2.85. The van der Waals surface area contributed by atoms with E-state index in [9.17, 15) is 14.4 Å². The third kappa shape index (κ3) is 7.47. The number of nitrogens with one attached hydrogen (secondary N) is 2. The lowest BCUT2D eigenvalue weighted by Crippen LogP contribution is -2.44. The van der Waals surface area contributed by atoms with Gasteiger partial charge in [0.05, 0.1) is 13.2 Å². The number of nitrogens with zero attached hydrogens (tertiary/aromatic N) is 2. The maximum atomic E-state index is 12.2. The van der Waals surface area contributed by atoms with Gasteiger partial charge in [-0.2, -0.15) is 5.10 Å². The second-order valence-electron chi connectivity index (χ2n) is 6.81. The van der Waals surface area contributed by atoms with Crippen molar-refractivity contribution >= 4 is 11.8 Å². The lowest BCUT2D eigenvalue weighted by atomic mass is 10.2. The highest BCUT2D eigenvalue weighted by Gasteiger charge is 2.11. The van der Waals surface area contributed by atoms with Crippen LogP contribution in [0.4, 0.5) is 0 Å². The first-order chi connectivity index (χ1) is 16.0. The van der Waals surface area contributed by atoms with E-state index in [1.54, 1.807) is 24.3 Å². The van der Waals surface area contributed by atoms with Crippen molar-refractivity contribution in [2.24, 2.45) is 0 Å². The second-order valence-corrected chi connectivity index (χ2v) is 6.81. The topological polar surface area (TPSA) is 121 Å². The molecule has 3 rings (SSSR count). The van der Waals surface area contributed by atoms with Gasteiger partial charge >= 0.3 is 0 Å². The number of hydrazine groups is 1. The molecule has 0 aliphatic carbocycles. The minimum absolute atomic E-state index is 0.0296. The fraction of sp³-hybridized carbons (Fsp3) is 0.217. The second kappa shape index (κ2) is 12.0. The van der Waals surface area contributed by atoms with Crippen LogP contribution in [0.1, 0.15) is 16.1 Å². The van der Waals surface area contributed by atoms with Crippen LogP contribution in [-0.4, -0.2) is 41.9 Å². The van der Waals surface area contributed by atoms with E-state index < -0.39 is 11.8 Å². The Hall–Kier alpha value is -4.18. The molecule has 2 aromatic carbocycles. The molecule has 0 spiro atoms. The predicted octanol–water partition coefficient (Wildman–Crippen LogP) is 1.31.